The Morgan fingerprint density at radius 2 is 2.00 bits per heavy atom. The highest BCUT2D eigenvalue weighted by atomic mass is 35.5. The molecular formula is C17H12ClF3N4O2. The van der Waals surface area contributed by atoms with Crippen molar-refractivity contribution in [2.45, 2.75) is 18.0 Å². The Hall–Kier alpha value is -2.68. The van der Waals surface area contributed by atoms with E-state index in [1.807, 2.05) is 0 Å². The van der Waals surface area contributed by atoms with E-state index in [4.69, 9.17) is 11.6 Å². The highest BCUT2D eigenvalue weighted by molar-refractivity contribution is 6.31. The van der Waals surface area contributed by atoms with Gasteiger partial charge < -0.3 is 4.90 Å². The molecule has 1 aromatic carbocycles. The van der Waals surface area contributed by atoms with Gasteiger partial charge in [0.1, 0.15) is 18.5 Å². The molecule has 0 radical (unpaired) electrons. The third-order valence-electron chi connectivity index (χ3n) is 4.77. The second-order valence-corrected chi connectivity index (χ2v) is 6.95. The summed E-state index contributed by atoms with van der Waals surface area (Å²) < 4.78 is 41.5. The number of fused-ring (bicyclic) bond motifs is 2. The van der Waals surface area contributed by atoms with Crippen molar-refractivity contribution in [2.75, 3.05) is 18.4 Å². The van der Waals surface area contributed by atoms with E-state index in [2.05, 4.69) is 15.3 Å². The first kappa shape index (κ1) is 17.7. The maximum atomic E-state index is 14.5. The lowest BCUT2D eigenvalue weighted by molar-refractivity contribution is -0.117. The van der Waals surface area contributed by atoms with E-state index in [0.717, 1.165) is 17.3 Å². The van der Waals surface area contributed by atoms with Gasteiger partial charge in [0.2, 0.25) is 11.9 Å². The Morgan fingerprint density at radius 3 is 2.63 bits per heavy atom. The Morgan fingerprint density at radius 1 is 1.33 bits per heavy atom. The molecule has 1 fully saturated rings. The van der Waals surface area contributed by atoms with Crippen LogP contribution in [0.2, 0.25) is 5.02 Å². The first-order valence-electron chi connectivity index (χ1n) is 8.01. The van der Waals surface area contributed by atoms with Crippen molar-refractivity contribution in [2.24, 2.45) is 0 Å². The number of nitrogens with zero attached hydrogens (tertiary/aromatic N) is 3. The fourth-order valence-corrected chi connectivity index (χ4v) is 3.56. The molecule has 4 rings (SSSR count). The molecule has 1 aliphatic carbocycles. The summed E-state index contributed by atoms with van der Waals surface area (Å²) in [4.78, 5) is 33.2. The van der Waals surface area contributed by atoms with E-state index in [-0.39, 0.29) is 35.1 Å². The van der Waals surface area contributed by atoms with Gasteiger partial charge in [-0.1, -0.05) is 11.6 Å². The minimum Gasteiger partial charge on any atom is -0.328 e. The SMILES string of the molecule is O=C(CN1C[C@]2(C[C@@H]2F)c2c(ccc(Cl)c2F)C1=O)Nc1ncc(F)cn1. The van der Waals surface area contributed by atoms with Crippen LogP contribution >= 0.6 is 11.6 Å². The standard InChI is InChI=1S/C17H12ClF3N4O2/c18-10-2-1-9-13(14(10)21)17(3-11(17)20)7-25(15(9)27)6-12(26)24-16-22-4-8(19)5-23-16/h1-2,4-5,11H,3,6-7H2,(H,22,23,24,26)/t11-,17-/m0/s1. The van der Waals surface area contributed by atoms with Gasteiger partial charge in [-0.2, -0.15) is 0 Å². The molecule has 0 bridgehead atoms. The first-order valence-corrected chi connectivity index (χ1v) is 8.39. The van der Waals surface area contributed by atoms with Crippen molar-refractivity contribution in [3.63, 3.8) is 0 Å². The number of alkyl halides is 1. The predicted molar refractivity (Wildman–Crippen MR) is 89.1 cm³/mol. The van der Waals surface area contributed by atoms with Gasteiger partial charge in [0.25, 0.3) is 5.91 Å². The van der Waals surface area contributed by atoms with E-state index >= 15 is 0 Å². The number of hydrogen-bond acceptors (Lipinski definition) is 4. The first-order chi connectivity index (χ1) is 12.8. The van der Waals surface area contributed by atoms with E-state index < -0.39 is 41.6 Å². The minimum absolute atomic E-state index is 0.00543. The molecule has 2 aliphatic rings. The quantitative estimate of drug-likeness (QED) is 0.865. The lowest BCUT2D eigenvalue weighted by atomic mass is 9.85. The van der Waals surface area contributed by atoms with Crippen LogP contribution in [0.25, 0.3) is 0 Å². The third-order valence-corrected chi connectivity index (χ3v) is 5.06. The molecule has 1 spiro atoms. The Kier molecular flexibility index (Phi) is 4.06. The van der Waals surface area contributed by atoms with Crippen molar-refractivity contribution in [1.82, 2.24) is 14.9 Å². The van der Waals surface area contributed by atoms with E-state index in [1.54, 1.807) is 0 Å². The Labute approximate surface area is 156 Å². The molecule has 1 N–H and O–H groups in total. The number of aromatic nitrogens is 2. The summed E-state index contributed by atoms with van der Waals surface area (Å²) in [6, 6.07) is 2.57. The zero-order chi connectivity index (χ0) is 19.3. The van der Waals surface area contributed by atoms with Gasteiger partial charge in [0.05, 0.1) is 22.8 Å². The van der Waals surface area contributed by atoms with Crippen LogP contribution in [0.3, 0.4) is 0 Å². The number of halogens is 4. The monoisotopic (exact) mass is 396 g/mol. The van der Waals surface area contributed by atoms with Gasteiger partial charge >= 0.3 is 0 Å². The summed E-state index contributed by atoms with van der Waals surface area (Å²) in [6.45, 7) is -0.549. The predicted octanol–water partition coefficient (Wildman–Crippen LogP) is 2.48. The number of hydrogen-bond donors (Lipinski definition) is 1. The average Bonchev–Trinajstić information content (AvgIpc) is 3.26. The van der Waals surface area contributed by atoms with E-state index in [1.165, 1.54) is 12.1 Å². The molecule has 27 heavy (non-hydrogen) atoms. The maximum Gasteiger partial charge on any atom is 0.254 e. The number of rotatable bonds is 3. The van der Waals surface area contributed by atoms with Gasteiger partial charge in [0.15, 0.2) is 5.82 Å². The summed E-state index contributed by atoms with van der Waals surface area (Å²) in [6.07, 6.45) is 0.474. The normalized spacial score (nSPS) is 23.3. The van der Waals surface area contributed by atoms with Gasteiger partial charge in [-0.25, -0.2) is 23.1 Å². The van der Waals surface area contributed by atoms with Crippen molar-refractivity contribution in [3.8, 4) is 0 Å². The van der Waals surface area contributed by atoms with Crippen LogP contribution in [-0.4, -0.2) is 45.9 Å². The van der Waals surface area contributed by atoms with Gasteiger partial charge in [-0.05, 0) is 18.6 Å². The second-order valence-electron chi connectivity index (χ2n) is 6.55. The van der Waals surface area contributed by atoms with Crippen LogP contribution in [0.5, 0.6) is 0 Å². The highest BCUT2D eigenvalue weighted by Gasteiger charge is 2.62. The molecule has 0 unspecified atom stereocenters. The van der Waals surface area contributed by atoms with Gasteiger partial charge in [-0.3, -0.25) is 14.9 Å². The van der Waals surface area contributed by atoms with Crippen LogP contribution in [-0.2, 0) is 10.2 Å². The van der Waals surface area contributed by atoms with Crippen LogP contribution in [0.1, 0.15) is 22.3 Å². The number of anilines is 1. The van der Waals surface area contributed by atoms with Crippen molar-refractivity contribution in [1.29, 1.82) is 0 Å². The molecule has 10 heteroatoms. The zero-order valence-electron chi connectivity index (χ0n) is 13.7. The number of carbonyl (C=O) groups excluding carboxylic acids is 2. The van der Waals surface area contributed by atoms with E-state index in [0.29, 0.717) is 0 Å². The number of amides is 2. The largest absolute Gasteiger partial charge is 0.328 e. The maximum absolute atomic E-state index is 14.5. The lowest BCUT2D eigenvalue weighted by Gasteiger charge is -2.34. The summed E-state index contributed by atoms with van der Waals surface area (Å²) >= 11 is 5.79. The third kappa shape index (κ3) is 2.91. The lowest BCUT2D eigenvalue weighted by Crippen LogP contribution is -2.48. The molecule has 1 aliphatic heterocycles. The topological polar surface area (TPSA) is 75.2 Å². The van der Waals surface area contributed by atoms with Crippen molar-refractivity contribution in [3.05, 3.63) is 52.3 Å². The molecular weight excluding hydrogens is 385 g/mol. The molecule has 0 saturated heterocycles. The van der Waals surface area contributed by atoms with Crippen LogP contribution < -0.4 is 5.32 Å². The molecule has 2 amide bonds. The van der Waals surface area contributed by atoms with Gasteiger partial charge in [0, 0.05) is 17.7 Å². The van der Waals surface area contributed by atoms with Crippen LogP contribution in [0.15, 0.2) is 24.5 Å². The molecule has 1 aromatic heterocycles. The van der Waals surface area contributed by atoms with Crippen LogP contribution in [0.4, 0.5) is 19.1 Å². The summed E-state index contributed by atoms with van der Waals surface area (Å²) in [5.41, 5.74) is -1.22. The van der Waals surface area contributed by atoms with E-state index in [9.17, 15) is 22.8 Å². The zero-order valence-corrected chi connectivity index (χ0v) is 14.4. The van der Waals surface area contributed by atoms with Crippen LogP contribution in [0, 0.1) is 11.6 Å². The van der Waals surface area contributed by atoms with Gasteiger partial charge in [-0.15, -0.1) is 0 Å². The molecule has 2 heterocycles. The molecule has 2 atom stereocenters. The fourth-order valence-electron chi connectivity index (χ4n) is 3.40. The van der Waals surface area contributed by atoms with Crippen molar-refractivity contribution < 1.29 is 22.8 Å². The number of nitrogens with one attached hydrogen (secondary N) is 1. The summed E-state index contributed by atoms with van der Waals surface area (Å²) in [5, 5.41) is 2.15. The Balaban J connectivity index is 1.58. The average molecular weight is 397 g/mol. The summed E-state index contributed by atoms with van der Waals surface area (Å²) in [7, 11) is 0. The number of carbonyl (C=O) groups is 2. The van der Waals surface area contributed by atoms with Crippen molar-refractivity contribution >= 4 is 29.4 Å². The minimum atomic E-state index is -1.33. The highest BCUT2D eigenvalue weighted by Crippen LogP contribution is 2.55. The molecule has 2 aromatic rings. The second kappa shape index (κ2) is 6.19. The molecule has 1 saturated carbocycles. The number of benzene rings is 1. The molecule has 140 valence electrons. The Bertz CT molecular complexity index is 956. The molecule has 6 nitrogen and oxygen atoms in total. The smallest absolute Gasteiger partial charge is 0.254 e. The fraction of sp³-hybridized carbons (Fsp3) is 0.294. The summed E-state index contributed by atoms with van der Waals surface area (Å²) in [5.74, 6) is -2.83.